The van der Waals surface area contributed by atoms with Crippen LogP contribution in [0.1, 0.15) is 32.4 Å². The van der Waals surface area contributed by atoms with E-state index in [0.717, 1.165) is 11.3 Å². The average molecular weight is 205 g/mol. The quantitative estimate of drug-likeness (QED) is 0.418. The molecule has 1 aromatic carbocycles. The minimum atomic E-state index is -0.136. The lowest BCUT2D eigenvalue weighted by atomic mass is 10.1. The monoisotopic (exact) mass is 205 g/mol. The Hall–Kier alpha value is -1.67. The van der Waals surface area contributed by atoms with Crippen LogP contribution in [0.2, 0.25) is 0 Å². The minimum Gasteiger partial charge on any atom is -0.491 e. The Labute approximate surface area is 89.5 Å². The maximum Gasteiger partial charge on any atom is 0.119 e. The fraction of sp³-hybridized carbons (Fsp3) is 0.455. The van der Waals surface area contributed by atoms with Gasteiger partial charge in [-0.15, -0.1) is 0 Å². The largest absolute Gasteiger partial charge is 0.491 e. The SMILES string of the molecule is CC(C)Oc1ccc([C@H](C)N=[N+]=[N-])cc1. The lowest BCUT2D eigenvalue weighted by Gasteiger charge is -2.11. The van der Waals surface area contributed by atoms with Crippen molar-refractivity contribution in [3.8, 4) is 5.75 Å². The summed E-state index contributed by atoms with van der Waals surface area (Å²) in [5.74, 6) is 0.835. The van der Waals surface area contributed by atoms with Crippen molar-refractivity contribution in [3.63, 3.8) is 0 Å². The average Bonchev–Trinajstić information content (AvgIpc) is 2.18. The van der Waals surface area contributed by atoms with Crippen LogP contribution in [0.25, 0.3) is 10.4 Å². The molecule has 0 radical (unpaired) electrons. The molecule has 1 rings (SSSR count). The van der Waals surface area contributed by atoms with Crippen LogP contribution in [0.4, 0.5) is 0 Å². The van der Waals surface area contributed by atoms with Crippen LogP contribution >= 0.6 is 0 Å². The lowest BCUT2D eigenvalue weighted by molar-refractivity contribution is 0.242. The number of hydrogen-bond donors (Lipinski definition) is 0. The molecule has 0 spiro atoms. The highest BCUT2D eigenvalue weighted by Crippen LogP contribution is 2.20. The van der Waals surface area contributed by atoms with Crippen molar-refractivity contribution < 1.29 is 4.74 Å². The molecule has 0 bridgehead atoms. The van der Waals surface area contributed by atoms with Crippen LogP contribution in [-0.2, 0) is 0 Å². The highest BCUT2D eigenvalue weighted by molar-refractivity contribution is 5.29. The van der Waals surface area contributed by atoms with Gasteiger partial charge in [0.2, 0.25) is 0 Å². The summed E-state index contributed by atoms with van der Waals surface area (Å²) < 4.78 is 5.51. The van der Waals surface area contributed by atoms with Gasteiger partial charge >= 0.3 is 0 Å². The zero-order valence-electron chi connectivity index (χ0n) is 9.21. The van der Waals surface area contributed by atoms with Crippen molar-refractivity contribution in [2.75, 3.05) is 0 Å². The van der Waals surface area contributed by atoms with E-state index in [1.165, 1.54) is 0 Å². The van der Waals surface area contributed by atoms with Gasteiger partial charge in [-0.05, 0) is 37.1 Å². The van der Waals surface area contributed by atoms with E-state index >= 15 is 0 Å². The summed E-state index contributed by atoms with van der Waals surface area (Å²) in [6.07, 6.45) is 0.172. The van der Waals surface area contributed by atoms with Gasteiger partial charge in [-0.25, -0.2) is 0 Å². The second-order valence-corrected chi connectivity index (χ2v) is 3.62. The second kappa shape index (κ2) is 5.27. The smallest absolute Gasteiger partial charge is 0.119 e. The minimum absolute atomic E-state index is 0.136. The molecule has 80 valence electrons. The predicted octanol–water partition coefficient (Wildman–Crippen LogP) is 3.85. The lowest BCUT2D eigenvalue weighted by Crippen LogP contribution is -2.05. The maximum atomic E-state index is 8.31. The number of rotatable bonds is 4. The van der Waals surface area contributed by atoms with Crippen LogP contribution in [0.3, 0.4) is 0 Å². The highest BCUT2D eigenvalue weighted by Gasteiger charge is 2.03. The molecule has 4 nitrogen and oxygen atoms in total. The highest BCUT2D eigenvalue weighted by atomic mass is 16.5. The van der Waals surface area contributed by atoms with Gasteiger partial charge in [0.25, 0.3) is 0 Å². The van der Waals surface area contributed by atoms with E-state index in [4.69, 9.17) is 10.3 Å². The summed E-state index contributed by atoms with van der Waals surface area (Å²) in [5.41, 5.74) is 9.29. The van der Waals surface area contributed by atoms with Crippen LogP contribution in [-0.4, -0.2) is 6.10 Å². The van der Waals surface area contributed by atoms with Crippen molar-refractivity contribution in [2.45, 2.75) is 32.9 Å². The van der Waals surface area contributed by atoms with E-state index in [1.54, 1.807) is 0 Å². The molecule has 0 aromatic heterocycles. The number of azide groups is 1. The summed E-state index contributed by atoms with van der Waals surface area (Å²) >= 11 is 0. The fourth-order valence-electron chi connectivity index (χ4n) is 1.24. The zero-order valence-corrected chi connectivity index (χ0v) is 9.21. The maximum absolute atomic E-state index is 8.31. The van der Waals surface area contributed by atoms with Gasteiger partial charge < -0.3 is 4.74 Å². The summed E-state index contributed by atoms with van der Waals surface area (Å²) in [5, 5.41) is 3.63. The summed E-state index contributed by atoms with van der Waals surface area (Å²) in [7, 11) is 0. The van der Waals surface area contributed by atoms with Gasteiger partial charge in [-0.3, -0.25) is 0 Å². The first kappa shape index (κ1) is 11.4. The number of hydrogen-bond acceptors (Lipinski definition) is 2. The predicted molar refractivity (Wildman–Crippen MR) is 59.8 cm³/mol. The molecule has 0 N–H and O–H groups in total. The van der Waals surface area contributed by atoms with Crippen molar-refractivity contribution in [1.29, 1.82) is 0 Å². The van der Waals surface area contributed by atoms with Crippen LogP contribution in [0, 0.1) is 0 Å². The van der Waals surface area contributed by atoms with Crippen molar-refractivity contribution in [1.82, 2.24) is 0 Å². The normalized spacial score (nSPS) is 12.0. The first-order valence-corrected chi connectivity index (χ1v) is 4.94. The molecule has 0 heterocycles. The van der Waals surface area contributed by atoms with Gasteiger partial charge in [0.1, 0.15) is 5.75 Å². The molecule has 0 saturated heterocycles. The van der Waals surface area contributed by atoms with Gasteiger partial charge in [-0.1, -0.05) is 24.2 Å². The Kier molecular flexibility index (Phi) is 4.01. The molecule has 0 aliphatic rings. The first-order valence-electron chi connectivity index (χ1n) is 4.94. The van der Waals surface area contributed by atoms with Crippen molar-refractivity contribution >= 4 is 0 Å². The Balaban J connectivity index is 2.75. The van der Waals surface area contributed by atoms with E-state index < -0.39 is 0 Å². The standard InChI is InChI=1S/C11H15N3O/c1-8(2)15-11-6-4-10(5-7-11)9(3)13-14-12/h4-9H,1-3H3/t9-/m0/s1. The molecule has 0 saturated carbocycles. The second-order valence-electron chi connectivity index (χ2n) is 3.62. The third-order valence-corrected chi connectivity index (χ3v) is 1.96. The summed E-state index contributed by atoms with van der Waals surface area (Å²) in [4.78, 5) is 2.78. The van der Waals surface area contributed by atoms with Crippen molar-refractivity contribution in [3.05, 3.63) is 40.3 Å². The number of benzene rings is 1. The van der Waals surface area contributed by atoms with Gasteiger partial charge in [0, 0.05) is 4.91 Å². The molecule has 15 heavy (non-hydrogen) atoms. The van der Waals surface area contributed by atoms with E-state index in [2.05, 4.69) is 10.0 Å². The molecule has 4 heteroatoms. The third-order valence-electron chi connectivity index (χ3n) is 1.96. The zero-order chi connectivity index (χ0) is 11.3. The van der Waals surface area contributed by atoms with E-state index in [0.29, 0.717) is 0 Å². The third kappa shape index (κ3) is 3.52. The fourth-order valence-corrected chi connectivity index (χ4v) is 1.24. The van der Waals surface area contributed by atoms with E-state index in [-0.39, 0.29) is 12.1 Å². The van der Waals surface area contributed by atoms with E-state index in [9.17, 15) is 0 Å². The topological polar surface area (TPSA) is 58.0 Å². The Bertz CT molecular complexity index is 353. The Morgan fingerprint density at radius 2 is 1.80 bits per heavy atom. The molecule has 0 unspecified atom stereocenters. The Morgan fingerprint density at radius 3 is 2.27 bits per heavy atom. The van der Waals surface area contributed by atoms with Gasteiger partial charge in [0.05, 0.1) is 12.1 Å². The van der Waals surface area contributed by atoms with E-state index in [1.807, 2.05) is 45.0 Å². The molecular formula is C11H15N3O. The van der Waals surface area contributed by atoms with Crippen LogP contribution < -0.4 is 4.74 Å². The first-order chi connectivity index (χ1) is 7.13. The molecule has 0 aliphatic carbocycles. The molecule has 1 aromatic rings. The molecular weight excluding hydrogens is 190 g/mol. The molecule has 0 aliphatic heterocycles. The van der Waals surface area contributed by atoms with Gasteiger partial charge in [-0.2, -0.15) is 0 Å². The summed E-state index contributed by atoms with van der Waals surface area (Å²) in [6, 6.07) is 7.47. The molecule has 1 atom stereocenters. The summed E-state index contributed by atoms with van der Waals surface area (Å²) in [6.45, 7) is 5.82. The van der Waals surface area contributed by atoms with Crippen molar-refractivity contribution in [2.24, 2.45) is 5.11 Å². The molecule has 0 fully saturated rings. The van der Waals surface area contributed by atoms with Crippen LogP contribution in [0.15, 0.2) is 29.4 Å². The molecule has 0 amide bonds. The van der Waals surface area contributed by atoms with Gasteiger partial charge in [0.15, 0.2) is 0 Å². The van der Waals surface area contributed by atoms with Crippen LogP contribution in [0.5, 0.6) is 5.75 Å². The number of nitrogens with zero attached hydrogens (tertiary/aromatic N) is 3. The Morgan fingerprint density at radius 1 is 1.20 bits per heavy atom. The number of ether oxygens (including phenoxy) is 1.